The quantitative estimate of drug-likeness (QED) is 0.884. The van der Waals surface area contributed by atoms with E-state index in [4.69, 9.17) is 4.42 Å². The molecular formula is C15H16FNO3S. The Morgan fingerprint density at radius 1 is 1.33 bits per heavy atom. The molecule has 1 unspecified atom stereocenters. The van der Waals surface area contributed by atoms with E-state index in [1.165, 1.54) is 18.2 Å². The zero-order valence-corrected chi connectivity index (χ0v) is 12.4. The summed E-state index contributed by atoms with van der Waals surface area (Å²) in [5.74, 6) is 0.455. The number of anilines is 1. The third kappa shape index (κ3) is 2.81. The van der Waals surface area contributed by atoms with Gasteiger partial charge in [0.2, 0.25) is 0 Å². The molecule has 0 saturated heterocycles. The van der Waals surface area contributed by atoms with Gasteiger partial charge in [0, 0.05) is 18.2 Å². The number of halogens is 1. The summed E-state index contributed by atoms with van der Waals surface area (Å²) in [6.07, 6.45) is 5.43. The Hall–Kier alpha value is -1.82. The fourth-order valence-corrected chi connectivity index (χ4v) is 3.32. The number of hydrogen-bond donors (Lipinski definition) is 1. The van der Waals surface area contributed by atoms with Crippen molar-refractivity contribution >= 4 is 15.5 Å². The molecule has 2 aromatic rings. The normalized spacial score (nSPS) is 18.3. The number of aryl methyl sites for hydroxylation is 1. The van der Waals surface area contributed by atoms with Gasteiger partial charge >= 0.3 is 0 Å². The molecule has 0 radical (unpaired) electrons. The summed E-state index contributed by atoms with van der Waals surface area (Å²) in [4.78, 5) is 0.106. The summed E-state index contributed by atoms with van der Waals surface area (Å²) in [6.45, 7) is 0. The first-order valence-electron chi connectivity index (χ1n) is 6.77. The predicted molar refractivity (Wildman–Crippen MR) is 77.5 cm³/mol. The van der Waals surface area contributed by atoms with Crippen LogP contribution in [0.4, 0.5) is 10.1 Å². The van der Waals surface area contributed by atoms with Gasteiger partial charge < -0.3 is 9.73 Å². The topological polar surface area (TPSA) is 59.3 Å². The van der Waals surface area contributed by atoms with Crippen molar-refractivity contribution in [3.8, 4) is 0 Å². The summed E-state index contributed by atoms with van der Waals surface area (Å²) < 4.78 is 42.5. The highest BCUT2D eigenvalue weighted by Gasteiger charge is 2.23. The van der Waals surface area contributed by atoms with Gasteiger partial charge in [0.25, 0.3) is 0 Å². The number of sulfone groups is 1. The van der Waals surface area contributed by atoms with Crippen LogP contribution in [0.2, 0.25) is 0 Å². The Balaban J connectivity index is 1.93. The van der Waals surface area contributed by atoms with Crippen molar-refractivity contribution in [3.05, 3.63) is 47.7 Å². The smallest absolute Gasteiger partial charge is 0.175 e. The molecule has 112 valence electrons. The monoisotopic (exact) mass is 309 g/mol. The van der Waals surface area contributed by atoms with Gasteiger partial charge in [0.05, 0.1) is 22.9 Å². The fraction of sp³-hybridized carbons (Fsp3) is 0.333. The molecule has 0 saturated carbocycles. The maximum Gasteiger partial charge on any atom is 0.175 e. The van der Waals surface area contributed by atoms with E-state index >= 15 is 0 Å². The van der Waals surface area contributed by atoms with Crippen LogP contribution in [0.1, 0.15) is 30.2 Å². The van der Waals surface area contributed by atoms with E-state index in [-0.39, 0.29) is 16.6 Å². The highest BCUT2D eigenvalue weighted by atomic mass is 32.2. The molecule has 1 aliphatic carbocycles. The zero-order valence-electron chi connectivity index (χ0n) is 11.6. The van der Waals surface area contributed by atoms with Crippen molar-refractivity contribution < 1.29 is 17.2 Å². The number of furan rings is 1. The highest BCUT2D eigenvalue weighted by molar-refractivity contribution is 7.90. The second kappa shape index (κ2) is 5.18. The van der Waals surface area contributed by atoms with Crippen LogP contribution in [0.15, 0.2) is 39.8 Å². The van der Waals surface area contributed by atoms with E-state index in [2.05, 4.69) is 5.32 Å². The molecule has 0 fully saturated rings. The summed E-state index contributed by atoms with van der Waals surface area (Å²) in [5.41, 5.74) is 1.22. The highest BCUT2D eigenvalue weighted by Crippen LogP contribution is 2.34. The van der Waals surface area contributed by atoms with E-state index in [1.54, 1.807) is 6.26 Å². The van der Waals surface area contributed by atoms with Gasteiger partial charge in [0.15, 0.2) is 9.84 Å². The number of nitrogens with one attached hydrogen (secondary N) is 1. The molecule has 4 nitrogen and oxygen atoms in total. The first kappa shape index (κ1) is 14.1. The largest absolute Gasteiger partial charge is 0.469 e. The summed E-state index contributed by atoms with van der Waals surface area (Å²) in [7, 11) is -3.36. The Bertz CT molecular complexity index is 767. The summed E-state index contributed by atoms with van der Waals surface area (Å²) in [6, 6.07) is 5.62. The van der Waals surface area contributed by atoms with Crippen LogP contribution in [0.5, 0.6) is 0 Å². The van der Waals surface area contributed by atoms with E-state index in [0.717, 1.165) is 36.8 Å². The minimum atomic E-state index is -3.36. The lowest BCUT2D eigenvalue weighted by Crippen LogP contribution is -2.17. The number of fused-ring (bicyclic) bond motifs is 1. The van der Waals surface area contributed by atoms with Gasteiger partial charge in [-0.25, -0.2) is 12.8 Å². The fourth-order valence-electron chi connectivity index (χ4n) is 2.67. The first-order valence-corrected chi connectivity index (χ1v) is 8.67. The van der Waals surface area contributed by atoms with Crippen LogP contribution >= 0.6 is 0 Å². The molecule has 1 N–H and O–H groups in total. The van der Waals surface area contributed by atoms with Crippen LogP contribution < -0.4 is 5.32 Å². The Morgan fingerprint density at radius 3 is 2.90 bits per heavy atom. The van der Waals surface area contributed by atoms with Gasteiger partial charge in [0.1, 0.15) is 11.6 Å². The molecule has 6 heteroatoms. The van der Waals surface area contributed by atoms with Gasteiger partial charge in [-0.05, 0) is 37.1 Å². The van der Waals surface area contributed by atoms with Crippen LogP contribution in [0, 0.1) is 5.82 Å². The second-order valence-corrected chi connectivity index (χ2v) is 7.32. The van der Waals surface area contributed by atoms with Crippen LogP contribution in [-0.4, -0.2) is 14.7 Å². The Morgan fingerprint density at radius 2 is 2.14 bits per heavy atom. The first-order chi connectivity index (χ1) is 9.95. The number of rotatable bonds is 3. The molecule has 21 heavy (non-hydrogen) atoms. The summed E-state index contributed by atoms with van der Waals surface area (Å²) in [5, 5.41) is 3.10. The second-order valence-electron chi connectivity index (χ2n) is 5.30. The molecule has 1 atom stereocenters. The molecule has 1 aromatic heterocycles. The lowest BCUT2D eigenvalue weighted by Gasteiger charge is -2.24. The predicted octanol–water partition coefficient (Wildman–Crippen LogP) is 3.31. The lowest BCUT2D eigenvalue weighted by molar-refractivity contribution is 0.460. The average molecular weight is 309 g/mol. The molecule has 1 heterocycles. The van der Waals surface area contributed by atoms with Gasteiger partial charge in [-0.15, -0.1) is 0 Å². The molecule has 0 aliphatic heterocycles. The third-order valence-corrected chi connectivity index (χ3v) is 4.86. The van der Waals surface area contributed by atoms with Crippen molar-refractivity contribution in [2.75, 3.05) is 11.6 Å². The Labute approximate surface area is 122 Å². The molecule has 3 rings (SSSR count). The molecule has 0 bridgehead atoms. The molecule has 0 spiro atoms. The lowest BCUT2D eigenvalue weighted by atomic mass is 9.93. The number of benzene rings is 1. The molecule has 1 aromatic carbocycles. The standard InChI is InChI=1S/C15H16FNO3S/c1-21(18,19)10-5-6-12(16)14(9-10)17-13-3-2-4-15-11(13)7-8-20-15/h5-9,13,17H,2-4H2,1H3. The molecular weight excluding hydrogens is 293 g/mol. The minimum Gasteiger partial charge on any atom is -0.469 e. The van der Waals surface area contributed by atoms with E-state index in [0.29, 0.717) is 0 Å². The van der Waals surface area contributed by atoms with Crippen LogP contribution in [0.3, 0.4) is 0 Å². The van der Waals surface area contributed by atoms with Crippen molar-refractivity contribution in [1.29, 1.82) is 0 Å². The SMILES string of the molecule is CS(=O)(=O)c1ccc(F)c(NC2CCCc3occc32)c1. The van der Waals surface area contributed by atoms with Gasteiger partial charge in [-0.1, -0.05) is 0 Å². The minimum absolute atomic E-state index is 0.0585. The third-order valence-electron chi connectivity index (χ3n) is 3.75. The van der Waals surface area contributed by atoms with Crippen LogP contribution in [0.25, 0.3) is 0 Å². The van der Waals surface area contributed by atoms with Gasteiger partial charge in [-0.2, -0.15) is 0 Å². The van der Waals surface area contributed by atoms with Gasteiger partial charge in [-0.3, -0.25) is 0 Å². The van der Waals surface area contributed by atoms with Crippen LogP contribution in [-0.2, 0) is 16.3 Å². The number of hydrogen-bond acceptors (Lipinski definition) is 4. The maximum atomic E-state index is 13.9. The van der Waals surface area contributed by atoms with Crippen molar-refractivity contribution in [2.45, 2.75) is 30.2 Å². The molecule has 1 aliphatic rings. The average Bonchev–Trinajstić information content (AvgIpc) is 2.89. The van der Waals surface area contributed by atoms with Crippen molar-refractivity contribution in [1.82, 2.24) is 0 Å². The zero-order chi connectivity index (χ0) is 15.0. The maximum absolute atomic E-state index is 13.9. The van der Waals surface area contributed by atoms with Crippen molar-refractivity contribution in [2.24, 2.45) is 0 Å². The Kier molecular flexibility index (Phi) is 3.49. The molecule has 0 amide bonds. The van der Waals surface area contributed by atoms with Crippen molar-refractivity contribution in [3.63, 3.8) is 0 Å². The van der Waals surface area contributed by atoms with E-state index in [1.807, 2.05) is 6.07 Å². The van der Waals surface area contributed by atoms with E-state index < -0.39 is 15.7 Å². The summed E-state index contributed by atoms with van der Waals surface area (Å²) >= 11 is 0. The van der Waals surface area contributed by atoms with E-state index in [9.17, 15) is 12.8 Å².